The second-order valence-electron chi connectivity index (χ2n) is 6.30. The van der Waals surface area contributed by atoms with Crippen LogP contribution in [0.5, 0.6) is 0 Å². The van der Waals surface area contributed by atoms with Gasteiger partial charge in [0.15, 0.2) is 0 Å². The Labute approximate surface area is 98.8 Å². The molecule has 3 atom stereocenters. The van der Waals surface area contributed by atoms with E-state index in [0.29, 0.717) is 0 Å². The Balaban J connectivity index is 1.68. The van der Waals surface area contributed by atoms with Gasteiger partial charge in [0.2, 0.25) is 0 Å². The molecule has 0 radical (unpaired) electrons. The Morgan fingerprint density at radius 3 is 2.44 bits per heavy atom. The Bertz CT molecular complexity index is 235. The monoisotopic (exact) mass is 223 g/mol. The standard InChI is InChI=1S/C14H25NO/c16-13-3-1-2-12(8-13)14-11-6-4-10(5-7-11)9-15-14/h10-16H,1-9H2. The minimum atomic E-state index is -0.0130. The van der Waals surface area contributed by atoms with Gasteiger partial charge in [0, 0.05) is 6.04 Å². The largest absolute Gasteiger partial charge is 0.393 e. The summed E-state index contributed by atoms with van der Waals surface area (Å²) in [5, 5.41) is 13.6. The molecule has 2 bridgehead atoms. The lowest BCUT2D eigenvalue weighted by molar-refractivity contribution is 0.0756. The first-order valence-electron chi connectivity index (χ1n) is 7.24. The minimum absolute atomic E-state index is 0.0130. The predicted molar refractivity (Wildman–Crippen MR) is 65.2 cm³/mol. The van der Waals surface area contributed by atoms with Gasteiger partial charge in [-0.15, -0.1) is 0 Å². The van der Waals surface area contributed by atoms with Gasteiger partial charge in [0.25, 0.3) is 0 Å². The van der Waals surface area contributed by atoms with Crippen LogP contribution in [0.3, 0.4) is 0 Å². The average molecular weight is 223 g/mol. The number of rotatable bonds is 1. The van der Waals surface area contributed by atoms with E-state index in [9.17, 15) is 5.11 Å². The molecule has 0 aromatic rings. The maximum atomic E-state index is 9.82. The molecular weight excluding hydrogens is 198 g/mol. The molecular formula is C14H25NO. The molecule has 16 heavy (non-hydrogen) atoms. The first kappa shape index (κ1) is 11.0. The zero-order valence-corrected chi connectivity index (χ0v) is 10.2. The lowest BCUT2D eigenvalue weighted by Gasteiger charge is -2.37. The van der Waals surface area contributed by atoms with E-state index >= 15 is 0 Å². The number of hydrogen-bond acceptors (Lipinski definition) is 2. The maximum Gasteiger partial charge on any atom is 0.0543 e. The van der Waals surface area contributed by atoms with Gasteiger partial charge in [0.1, 0.15) is 0 Å². The predicted octanol–water partition coefficient (Wildman–Crippen LogP) is 2.32. The smallest absolute Gasteiger partial charge is 0.0543 e. The third-order valence-corrected chi connectivity index (χ3v) is 5.24. The third-order valence-electron chi connectivity index (χ3n) is 5.24. The highest BCUT2D eigenvalue weighted by Crippen LogP contribution is 2.39. The Morgan fingerprint density at radius 1 is 0.875 bits per heavy atom. The van der Waals surface area contributed by atoms with Crippen LogP contribution in [0.2, 0.25) is 0 Å². The van der Waals surface area contributed by atoms with E-state index in [0.717, 1.165) is 36.6 Å². The van der Waals surface area contributed by atoms with Gasteiger partial charge in [0.05, 0.1) is 6.10 Å². The molecule has 3 unspecified atom stereocenters. The quantitative estimate of drug-likeness (QED) is 0.715. The molecule has 2 saturated heterocycles. The second kappa shape index (κ2) is 4.66. The summed E-state index contributed by atoms with van der Waals surface area (Å²) in [6, 6.07) is 0.724. The lowest BCUT2D eigenvalue weighted by Crippen LogP contribution is -2.43. The van der Waals surface area contributed by atoms with Gasteiger partial charge < -0.3 is 10.4 Å². The van der Waals surface area contributed by atoms with E-state index in [1.165, 1.54) is 45.1 Å². The van der Waals surface area contributed by atoms with Crippen LogP contribution in [-0.4, -0.2) is 23.8 Å². The van der Waals surface area contributed by atoms with Crippen LogP contribution >= 0.6 is 0 Å². The number of hydrogen-bond donors (Lipinski definition) is 2. The van der Waals surface area contributed by atoms with E-state index in [2.05, 4.69) is 5.32 Å². The fraction of sp³-hybridized carbons (Fsp3) is 1.00. The molecule has 0 aromatic heterocycles. The Hall–Kier alpha value is -0.0800. The van der Waals surface area contributed by atoms with E-state index in [4.69, 9.17) is 0 Å². The molecule has 4 rings (SSSR count). The molecule has 0 amide bonds. The van der Waals surface area contributed by atoms with Crippen LogP contribution in [0.15, 0.2) is 0 Å². The number of aliphatic hydroxyl groups excluding tert-OH is 1. The molecule has 4 fully saturated rings. The molecule has 2 aliphatic carbocycles. The van der Waals surface area contributed by atoms with Crippen molar-refractivity contribution in [1.82, 2.24) is 5.32 Å². The normalized spacial score (nSPS) is 48.9. The van der Waals surface area contributed by atoms with Gasteiger partial charge in [-0.1, -0.05) is 6.42 Å². The highest BCUT2D eigenvalue weighted by Gasteiger charge is 2.37. The maximum absolute atomic E-state index is 9.82. The minimum Gasteiger partial charge on any atom is -0.393 e. The summed E-state index contributed by atoms with van der Waals surface area (Å²) >= 11 is 0. The van der Waals surface area contributed by atoms with Crippen molar-refractivity contribution < 1.29 is 5.11 Å². The molecule has 2 heteroatoms. The van der Waals surface area contributed by atoms with Crippen molar-refractivity contribution in [2.45, 2.75) is 63.5 Å². The van der Waals surface area contributed by atoms with E-state index in [-0.39, 0.29) is 6.10 Å². The van der Waals surface area contributed by atoms with Gasteiger partial charge in [-0.2, -0.15) is 0 Å². The lowest BCUT2D eigenvalue weighted by atomic mass is 9.73. The molecule has 2 nitrogen and oxygen atoms in total. The summed E-state index contributed by atoms with van der Waals surface area (Å²) in [6.45, 7) is 1.24. The van der Waals surface area contributed by atoms with Gasteiger partial charge >= 0.3 is 0 Å². The molecule has 4 aliphatic rings. The van der Waals surface area contributed by atoms with Crippen LogP contribution in [0.4, 0.5) is 0 Å². The summed E-state index contributed by atoms with van der Waals surface area (Å²) in [6.07, 6.45) is 10.4. The van der Waals surface area contributed by atoms with Crippen LogP contribution in [-0.2, 0) is 0 Å². The summed E-state index contributed by atoms with van der Waals surface area (Å²) in [5.74, 6) is 2.62. The van der Waals surface area contributed by atoms with Crippen molar-refractivity contribution in [3.05, 3.63) is 0 Å². The molecule has 2 aliphatic heterocycles. The SMILES string of the molecule is OC1CCCC(C2NCC3CCC2CC3)C1. The van der Waals surface area contributed by atoms with Crippen LogP contribution in [0.1, 0.15) is 51.4 Å². The summed E-state index contributed by atoms with van der Waals surface area (Å²) in [5.41, 5.74) is 0. The van der Waals surface area contributed by atoms with Crippen molar-refractivity contribution in [3.63, 3.8) is 0 Å². The van der Waals surface area contributed by atoms with Crippen LogP contribution < -0.4 is 5.32 Å². The van der Waals surface area contributed by atoms with E-state index < -0.39 is 0 Å². The first-order chi connectivity index (χ1) is 7.83. The van der Waals surface area contributed by atoms with Gasteiger partial charge in [-0.25, -0.2) is 0 Å². The van der Waals surface area contributed by atoms with Crippen molar-refractivity contribution in [1.29, 1.82) is 0 Å². The van der Waals surface area contributed by atoms with Crippen molar-refractivity contribution in [2.75, 3.05) is 6.54 Å². The highest BCUT2D eigenvalue weighted by molar-refractivity contribution is 4.93. The number of nitrogens with one attached hydrogen (secondary N) is 1. The molecule has 2 heterocycles. The average Bonchev–Trinajstić information content (AvgIpc) is 2.62. The molecule has 2 N–H and O–H groups in total. The van der Waals surface area contributed by atoms with Crippen molar-refractivity contribution >= 4 is 0 Å². The fourth-order valence-corrected chi connectivity index (χ4v) is 4.30. The Morgan fingerprint density at radius 2 is 1.69 bits per heavy atom. The molecule has 92 valence electrons. The van der Waals surface area contributed by atoms with E-state index in [1.54, 1.807) is 0 Å². The topological polar surface area (TPSA) is 32.3 Å². The summed E-state index contributed by atoms with van der Waals surface area (Å²) < 4.78 is 0. The van der Waals surface area contributed by atoms with Crippen LogP contribution in [0, 0.1) is 17.8 Å². The summed E-state index contributed by atoms with van der Waals surface area (Å²) in [4.78, 5) is 0. The van der Waals surface area contributed by atoms with Gasteiger partial charge in [-0.3, -0.25) is 0 Å². The van der Waals surface area contributed by atoms with Crippen molar-refractivity contribution in [2.24, 2.45) is 17.8 Å². The second-order valence-corrected chi connectivity index (χ2v) is 6.30. The zero-order valence-electron chi connectivity index (χ0n) is 10.2. The highest BCUT2D eigenvalue weighted by atomic mass is 16.3. The number of fused-ring (bicyclic) bond motifs is 4. The molecule has 0 aromatic carbocycles. The molecule has 0 spiro atoms. The number of aliphatic hydroxyl groups is 1. The fourth-order valence-electron chi connectivity index (χ4n) is 4.30. The van der Waals surface area contributed by atoms with Gasteiger partial charge in [-0.05, 0) is 69.2 Å². The first-order valence-corrected chi connectivity index (χ1v) is 7.24. The van der Waals surface area contributed by atoms with Crippen molar-refractivity contribution in [3.8, 4) is 0 Å². The zero-order chi connectivity index (χ0) is 11.0. The Kier molecular flexibility index (Phi) is 3.21. The third kappa shape index (κ3) is 2.14. The van der Waals surface area contributed by atoms with Crippen LogP contribution in [0.25, 0.3) is 0 Å². The van der Waals surface area contributed by atoms with E-state index in [1.807, 2.05) is 0 Å². The molecule has 2 saturated carbocycles. The summed E-state index contributed by atoms with van der Waals surface area (Å²) in [7, 11) is 0.